The summed E-state index contributed by atoms with van der Waals surface area (Å²) < 4.78 is 32.3. The molecule has 0 unspecified atom stereocenters. The third-order valence-electron chi connectivity index (χ3n) is 12.4. The lowest BCUT2D eigenvalue weighted by atomic mass is 9.85. The smallest absolute Gasteiger partial charge is 0.303 e. The standard InChI is InChI=1S/C54H95N7O16/c1-43(63)45(38-62)35-48(64)44(34-49(65)47(55)36-46-37-56-42-61-46)18-16-17-21-57-51(67)39-75-31-29-73-26-23-59-53(69)41-77-33-30-74-27-24-60-52(68)40-76-32-28-72-25-22-58-50(66)19-14-12-10-8-6-4-2-3-5-7-9-11-13-15-20-54(70)71/h37,42,44-45,47,62H,2-36,38-41,55H2,1H3,(H,56,61)(H,57,67)(H,58,66)(H,59,69)(H,60,68)(H,70,71)/t44-,45+,47+/m1/s1. The number of imidazole rings is 1. The second-order valence-electron chi connectivity index (χ2n) is 19.1. The van der Waals surface area contributed by atoms with Gasteiger partial charge in [-0.2, -0.15) is 0 Å². The molecule has 0 radical (unpaired) electrons. The number of nitrogens with one attached hydrogen (secondary N) is 5. The van der Waals surface area contributed by atoms with Gasteiger partial charge in [0.15, 0.2) is 5.78 Å². The molecule has 0 bridgehead atoms. The number of aliphatic hydroxyl groups excluding tert-OH is 1. The maximum absolute atomic E-state index is 13.1. The Morgan fingerprint density at radius 1 is 0.519 bits per heavy atom. The Morgan fingerprint density at radius 2 is 0.935 bits per heavy atom. The average molecular weight is 1100 g/mol. The number of carbonyl (C=O) groups excluding carboxylic acids is 7. The molecule has 0 spiro atoms. The number of aliphatic carboxylic acids is 1. The summed E-state index contributed by atoms with van der Waals surface area (Å²) in [6, 6.07) is -0.834. The molecule has 4 amide bonds. The fourth-order valence-corrected chi connectivity index (χ4v) is 7.87. The van der Waals surface area contributed by atoms with Crippen molar-refractivity contribution >= 4 is 46.9 Å². The van der Waals surface area contributed by atoms with E-state index in [1.165, 1.54) is 64.6 Å². The number of carbonyl (C=O) groups is 8. The summed E-state index contributed by atoms with van der Waals surface area (Å²) >= 11 is 0. The van der Waals surface area contributed by atoms with E-state index in [1.807, 2.05) is 0 Å². The molecular weight excluding hydrogens is 1000 g/mol. The van der Waals surface area contributed by atoms with E-state index < -0.39 is 30.5 Å². The van der Waals surface area contributed by atoms with E-state index in [0.29, 0.717) is 57.7 Å². The Bertz CT molecular complexity index is 1720. The van der Waals surface area contributed by atoms with Crippen LogP contribution in [0.3, 0.4) is 0 Å². The van der Waals surface area contributed by atoms with Crippen molar-refractivity contribution < 1.29 is 77.0 Å². The van der Waals surface area contributed by atoms with Gasteiger partial charge in [-0.25, -0.2) is 4.98 Å². The Labute approximate surface area is 456 Å². The number of hydrogen-bond acceptors (Lipinski definition) is 17. The highest BCUT2D eigenvalue weighted by molar-refractivity contribution is 5.92. The number of aromatic amines is 1. The molecule has 0 fully saturated rings. The minimum atomic E-state index is -0.834. The second-order valence-corrected chi connectivity index (χ2v) is 19.1. The van der Waals surface area contributed by atoms with E-state index in [9.17, 15) is 43.5 Å². The van der Waals surface area contributed by atoms with E-state index in [2.05, 4.69) is 31.2 Å². The number of amides is 4. The van der Waals surface area contributed by atoms with Crippen LogP contribution in [0.15, 0.2) is 12.5 Å². The zero-order valence-corrected chi connectivity index (χ0v) is 46.1. The van der Waals surface area contributed by atoms with Gasteiger partial charge in [-0.1, -0.05) is 83.5 Å². The number of unbranched alkanes of at least 4 members (excludes halogenated alkanes) is 14. The second kappa shape index (κ2) is 49.5. The van der Waals surface area contributed by atoms with Gasteiger partial charge in [-0.3, -0.25) is 38.4 Å². The summed E-state index contributed by atoms with van der Waals surface area (Å²) in [4.78, 5) is 103. The van der Waals surface area contributed by atoms with Gasteiger partial charge in [0.1, 0.15) is 31.4 Å². The van der Waals surface area contributed by atoms with Gasteiger partial charge in [-0.05, 0) is 32.6 Å². The Kier molecular flexibility index (Phi) is 45.2. The minimum Gasteiger partial charge on any atom is -0.481 e. The maximum Gasteiger partial charge on any atom is 0.303 e. The van der Waals surface area contributed by atoms with Gasteiger partial charge in [0.25, 0.3) is 0 Å². The van der Waals surface area contributed by atoms with Crippen molar-refractivity contribution in [2.45, 2.75) is 154 Å². The van der Waals surface area contributed by atoms with E-state index in [-0.39, 0.29) is 146 Å². The summed E-state index contributed by atoms with van der Waals surface area (Å²) in [6.07, 6.45) is 21.3. The highest BCUT2D eigenvalue weighted by atomic mass is 16.5. The molecule has 0 aliphatic rings. The normalized spacial score (nSPS) is 12.4. The number of hydrogen-bond donors (Lipinski definition) is 8. The van der Waals surface area contributed by atoms with Gasteiger partial charge in [0.05, 0.1) is 78.4 Å². The summed E-state index contributed by atoms with van der Waals surface area (Å²) in [5.41, 5.74) is 6.79. The number of nitrogens with two attached hydrogens (primary N) is 1. The highest BCUT2D eigenvalue weighted by Crippen LogP contribution is 2.21. The number of Topliss-reactive ketones (excluding diaryl/α,β-unsaturated/α-hetero) is 3. The molecule has 1 aromatic rings. The number of ether oxygens (including phenoxy) is 6. The SMILES string of the molecule is CC(=O)[C@H](CO)CC(=O)[C@H](CCCCNC(=O)COCCOCCNC(=O)COCCOCCNC(=O)COCCOCCNC(=O)CCCCCCCCCCCCCCCCC(=O)O)CC(=O)[C@@H](N)Cc1cnc[nH]1. The molecule has 0 aromatic carbocycles. The largest absolute Gasteiger partial charge is 0.481 e. The van der Waals surface area contributed by atoms with E-state index in [0.717, 1.165) is 38.5 Å². The Balaban J connectivity index is 1.90. The molecule has 1 rings (SSSR count). The first-order valence-corrected chi connectivity index (χ1v) is 28.0. The lowest BCUT2D eigenvalue weighted by Crippen LogP contribution is -2.36. The fourth-order valence-electron chi connectivity index (χ4n) is 7.87. The molecule has 1 heterocycles. The lowest BCUT2D eigenvalue weighted by molar-refractivity contribution is -0.137. The number of carboxylic acid groups (broad SMARTS) is 1. The molecule has 0 saturated carbocycles. The molecule has 9 N–H and O–H groups in total. The van der Waals surface area contributed by atoms with Crippen LogP contribution in [-0.4, -0.2) is 185 Å². The van der Waals surface area contributed by atoms with Gasteiger partial charge < -0.3 is 70.6 Å². The molecule has 0 saturated heterocycles. The van der Waals surface area contributed by atoms with Crippen LogP contribution in [0.4, 0.5) is 0 Å². The molecule has 77 heavy (non-hydrogen) atoms. The van der Waals surface area contributed by atoms with Gasteiger partial charge in [-0.15, -0.1) is 0 Å². The monoisotopic (exact) mass is 1100 g/mol. The van der Waals surface area contributed by atoms with Crippen LogP contribution in [-0.2, 0) is 73.2 Å². The quantitative estimate of drug-likeness (QED) is 0.0435. The third kappa shape index (κ3) is 43.9. The topological polar surface area (TPSA) is 335 Å². The van der Waals surface area contributed by atoms with Crippen molar-refractivity contribution in [3.63, 3.8) is 0 Å². The van der Waals surface area contributed by atoms with Crippen molar-refractivity contribution in [3.05, 3.63) is 18.2 Å². The summed E-state index contributed by atoms with van der Waals surface area (Å²) in [5.74, 6) is -4.00. The predicted octanol–water partition coefficient (Wildman–Crippen LogP) is 3.07. The number of aromatic nitrogens is 2. The minimum absolute atomic E-state index is 0.0272. The van der Waals surface area contributed by atoms with Crippen LogP contribution in [0.5, 0.6) is 0 Å². The summed E-state index contributed by atoms with van der Waals surface area (Å²) in [6.45, 7) is 3.84. The van der Waals surface area contributed by atoms with Crippen LogP contribution in [0, 0.1) is 11.8 Å². The average Bonchev–Trinajstić information content (AvgIpc) is 3.92. The molecule has 3 atom stereocenters. The van der Waals surface area contributed by atoms with Crippen molar-refractivity contribution in [1.82, 2.24) is 31.2 Å². The number of aliphatic hydroxyl groups is 1. The third-order valence-corrected chi connectivity index (χ3v) is 12.4. The molecule has 0 aliphatic heterocycles. The first kappa shape index (κ1) is 70.3. The zero-order chi connectivity index (χ0) is 56.4. The molecule has 442 valence electrons. The van der Waals surface area contributed by atoms with Gasteiger partial charge in [0.2, 0.25) is 23.6 Å². The molecule has 23 nitrogen and oxygen atoms in total. The Morgan fingerprint density at radius 3 is 1.36 bits per heavy atom. The number of nitrogens with zero attached hydrogens (tertiary/aromatic N) is 1. The van der Waals surface area contributed by atoms with Gasteiger partial charge >= 0.3 is 5.97 Å². The zero-order valence-electron chi connectivity index (χ0n) is 46.1. The molecular formula is C54H95N7O16. The van der Waals surface area contributed by atoms with Crippen LogP contribution in [0.1, 0.15) is 147 Å². The van der Waals surface area contributed by atoms with Crippen LogP contribution in [0.2, 0.25) is 0 Å². The Hall–Kier alpha value is -4.75. The van der Waals surface area contributed by atoms with Crippen molar-refractivity contribution in [2.75, 3.05) is 112 Å². The lowest BCUT2D eigenvalue weighted by Gasteiger charge is -2.19. The number of rotatable bonds is 56. The molecule has 1 aromatic heterocycles. The van der Waals surface area contributed by atoms with E-state index in [4.69, 9.17) is 39.3 Å². The molecule has 0 aliphatic carbocycles. The predicted molar refractivity (Wildman–Crippen MR) is 287 cm³/mol. The van der Waals surface area contributed by atoms with Crippen LogP contribution >= 0.6 is 0 Å². The van der Waals surface area contributed by atoms with Crippen molar-refractivity contribution in [1.29, 1.82) is 0 Å². The van der Waals surface area contributed by atoms with Crippen LogP contribution in [0.25, 0.3) is 0 Å². The number of H-pyrrole nitrogens is 1. The van der Waals surface area contributed by atoms with Crippen molar-refractivity contribution in [2.24, 2.45) is 17.6 Å². The maximum atomic E-state index is 13.1. The van der Waals surface area contributed by atoms with Gasteiger partial charge in [0, 0.05) is 82.0 Å². The van der Waals surface area contributed by atoms with E-state index >= 15 is 0 Å². The van der Waals surface area contributed by atoms with Crippen LogP contribution < -0.4 is 27.0 Å². The number of carboxylic acids is 1. The first-order valence-electron chi connectivity index (χ1n) is 28.0. The number of ketones is 3. The highest BCUT2D eigenvalue weighted by Gasteiger charge is 2.28. The molecule has 23 heteroatoms. The van der Waals surface area contributed by atoms with E-state index in [1.54, 1.807) is 6.20 Å². The fraction of sp³-hybridized carbons (Fsp3) is 0.796. The summed E-state index contributed by atoms with van der Waals surface area (Å²) in [5, 5.41) is 29.2. The van der Waals surface area contributed by atoms with Crippen molar-refractivity contribution in [3.8, 4) is 0 Å². The summed E-state index contributed by atoms with van der Waals surface area (Å²) in [7, 11) is 0. The first-order chi connectivity index (χ1) is 37.3.